The summed E-state index contributed by atoms with van der Waals surface area (Å²) in [7, 11) is 0. The summed E-state index contributed by atoms with van der Waals surface area (Å²) in [5.41, 5.74) is 0. The summed E-state index contributed by atoms with van der Waals surface area (Å²) in [6.45, 7) is -0.0434. The summed E-state index contributed by atoms with van der Waals surface area (Å²) >= 11 is 2.18. The van der Waals surface area contributed by atoms with Crippen LogP contribution >= 0.6 is 22.6 Å². The van der Waals surface area contributed by atoms with Crippen LogP contribution in [0, 0.1) is 3.57 Å². The van der Waals surface area contributed by atoms with Gasteiger partial charge in [0.1, 0.15) is 12.4 Å². The quantitative estimate of drug-likeness (QED) is 0.518. The van der Waals surface area contributed by atoms with Crippen molar-refractivity contribution in [3.8, 4) is 5.75 Å². The Morgan fingerprint density at radius 3 is 2.53 bits per heavy atom. The highest BCUT2D eigenvalue weighted by Crippen LogP contribution is 2.12. The van der Waals surface area contributed by atoms with Gasteiger partial charge >= 0.3 is 5.97 Å². The molecule has 1 amide bonds. The molecule has 1 aromatic carbocycles. The average molecular weight is 379 g/mol. The first kappa shape index (κ1) is 15.7. The molecule has 0 aromatic heterocycles. The van der Waals surface area contributed by atoms with Crippen molar-refractivity contribution in [1.29, 1.82) is 0 Å². The molecular weight excluding hydrogens is 365 g/mol. The molecule has 104 valence electrons. The lowest BCUT2D eigenvalue weighted by Crippen LogP contribution is -2.32. The highest BCUT2D eigenvalue weighted by molar-refractivity contribution is 14.1. The number of nitrogens with one attached hydrogen (secondary N) is 1. The van der Waals surface area contributed by atoms with E-state index in [4.69, 9.17) is 14.6 Å². The Labute approximate surface area is 124 Å². The van der Waals surface area contributed by atoms with E-state index < -0.39 is 5.97 Å². The van der Waals surface area contributed by atoms with Crippen LogP contribution in [0.4, 0.5) is 0 Å². The van der Waals surface area contributed by atoms with E-state index in [9.17, 15) is 9.59 Å². The van der Waals surface area contributed by atoms with Gasteiger partial charge in [0, 0.05) is 10.1 Å². The van der Waals surface area contributed by atoms with Gasteiger partial charge in [-0.1, -0.05) is 0 Å². The number of hydrogen-bond donors (Lipinski definition) is 2. The zero-order chi connectivity index (χ0) is 14.1. The summed E-state index contributed by atoms with van der Waals surface area (Å²) in [4.78, 5) is 21.5. The molecule has 0 atom stereocenters. The van der Waals surface area contributed by atoms with Crippen molar-refractivity contribution >= 4 is 34.5 Å². The van der Waals surface area contributed by atoms with Gasteiger partial charge in [0.05, 0.1) is 6.61 Å². The first-order chi connectivity index (χ1) is 9.08. The molecule has 0 fully saturated rings. The van der Waals surface area contributed by atoms with Crippen molar-refractivity contribution in [2.75, 3.05) is 26.4 Å². The number of aliphatic carboxylic acids is 1. The highest BCUT2D eigenvalue weighted by Gasteiger charge is 2.02. The number of amides is 1. The van der Waals surface area contributed by atoms with Gasteiger partial charge in [0.25, 0.3) is 5.91 Å². The SMILES string of the molecule is O=C(O)COCCNC(=O)COc1ccc(I)cc1. The van der Waals surface area contributed by atoms with Gasteiger partial charge in [0.2, 0.25) is 0 Å². The largest absolute Gasteiger partial charge is 0.484 e. The van der Waals surface area contributed by atoms with Crippen molar-refractivity contribution < 1.29 is 24.2 Å². The zero-order valence-electron chi connectivity index (χ0n) is 10.1. The van der Waals surface area contributed by atoms with E-state index in [1.165, 1.54) is 0 Å². The van der Waals surface area contributed by atoms with Crippen molar-refractivity contribution in [2.24, 2.45) is 0 Å². The second kappa shape index (κ2) is 8.70. The van der Waals surface area contributed by atoms with Crippen molar-refractivity contribution in [1.82, 2.24) is 5.32 Å². The third-order valence-electron chi connectivity index (χ3n) is 1.98. The summed E-state index contributed by atoms with van der Waals surface area (Å²) < 4.78 is 11.1. The van der Waals surface area contributed by atoms with Gasteiger partial charge in [-0.05, 0) is 46.9 Å². The number of ether oxygens (including phenoxy) is 2. The molecule has 2 N–H and O–H groups in total. The predicted octanol–water partition coefficient (Wildman–Crippen LogP) is 0.887. The summed E-state index contributed by atoms with van der Waals surface area (Å²) in [6.07, 6.45) is 0. The van der Waals surface area contributed by atoms with Crippen molar-refractivity contribution in [2.45, 2.75) is 0 Å². The van der Waals surface area contributed by atoms with Gasteiger partial charge in [-0.3, -0.25) is 4.79 Å². The molecule has 1 rings (SSSR count). The van der Waals surface area contributed by atoms with E-state index in [1.807, 2.05) is 12.1 Å². The first-order valence-electron chi connectivity index (χ1n) is 5.52. The maximum atomic E-state index is 11.4. The maximum absolute atomic E-state index is 11.4. The molecule has 0 aliphatic rings. The molecule has 0 radical (unpaired) electrons. The van der Waals surface area contributed by atoms with E-state index in [0.717, 1.165) is 3.57 Å². The Morgan fingerprint density at radius 1 is 1.21 bits per heavy atom. The van der Waals surface area contributed by atoms with Crippen LogP contribution in [-0.2, 0) is 14.3 Å². The number of carboxylic acids is 1. The molecule has 0 unspecified atom stereocenters. The van der Waals surface area contributed by atoms with Crippen LogP contribution in [0.2, 0.25) is 0 Å². The molecule has 0 aliphatic carbocycles. The minimum absolute atomic E-state index is 0.0838. The second-order valence-corrected chi connectivity index (χ2v) is 4.78. The van der Waals surface area contributed by atoms with Crippen LogP contribution < -0.4 is 10.1 Å². The number of rotatable bonds is 8. The lowest BCUT2D eigenvalue weighted by atomic mass is 10.3. The molecule has 0 bridgehead atoms. The smallest absolute Gasteiger partial charge is 0.329 e. The monoisotopic (exact) mass is 379 g/mol. The van der Waals surface area contributed by atoms with Gasteiger partial charge in [-0.25, -0.2) is 4.79 Å². The van der Waals surface area contributed by atoms with Crippen LogP contribution in [0.3, 0.4) is 0 Å². The fraction of sp³-hybridized carbons (Fsp3) is 0.333. The fourth-order valence-electron chi connectivity index (χ4n) is 1.15. The third-order valence-corrected chi connectivity index (χ3v) is 2.70. The molecule has 0 heterocycles. The van der Waals surface area contributed by atoms with Gasteiger partial charge in [-0.15, -0.1) is 0 Å². The highest BCUT2D eigenvalue weighted by atomic mass is 127. The zero-order valence-corrected chi connectivity index (χ0v) is 12.3. The predicted molar refractivity (Wildman–Crippen MR) is 76.1 cm³/mol. The number of carboxylic acid groups (broad SMARTS) is 1. The lowest BCUT2D eigenvalue weighted by Gasteiger charge is -2.07. The Hall–Kier alpha value is -1.35. The molecule has 1 aromatic rings. The summed E-state index contributed by atoms with van der Waals surface area (Å²) in [5.74, 6) is -0.691. The van der Waals surface area contributed by atoms with Crippen LogP contribution in [0.15, 0.2) is 24.3 Å². The summed E-state index contributed by atoms with van der Waals surface area (Å²) in [5, 5.41) is 10.9. The number of benzene rings is 1. The van der Waals surface area contributed by atoms with Gasteiger partial charge < -0.3 is 19.9 Å². The molecule has 6 nitrogen and oxygen atoms in total. The van der Waals surface area contributed by atoms with E-state index in [1.54, 1.807) is 12.1 Å². The number of halogens is 1. The fourth-order valence-corrected chi connectivity index (χ4v) is 1.51. The van der Waals surface area contributed by atoms with Crippen molar-refractivity contribution in [3.63, 3.8) is 0 Å². The number of carbonyl (C=O) groups excluding carboxylic acids is 1. The average Bonchev–Trinajstić information content (AvgIpc) is 2.37. The van der Waals surface area contributed by atoms with E-state index in [2.05, 4.69) is 27.9 Å². The Kier molecular flexibility index (Phi) is 7.19. The normalized spacial score (nSPS) is 9.95. The van der Waals surface area contributed by atoms with Crippen molar-refractivity contribution in [3.05, 3.63) is 27.8 Å². The molecule has 0 saturated carbocycles. The van der Waals surface area contributed by atoms with E-state index in [-0.39, 0.29) is 32.3 Å². The van der Waals surface area contributed by atoms with Crippen LogP contribution in [0.1, 0.15) is 0 Å². The second-order valence-electron chi connectivity index (χ2n) is 3.54. The molecule has 0 spiro atoms. The minimum atomic E-state index is -1.03. The molecule has 0 saturated heterocycles. The van der Waals surface area contributed by atoms with Gasteiger partial charge in [-0.2, -0.15) is 0 Å². The Balaban J connectivity index is 2.11. The van der Waals surface area contributed by atoms with E-state index in [0.29, 0.717) is 5.75 Å². The molecule has 19 heavy (non-hydrogen) atoms. The standard InChI is InChI=1S/C12H14INO5/c13-9-1-3-10(4-2-9)19-7-11(15)14-5-6-18-8-12(16)17/h1-4H,5-8H2,(H,14,15)(H,16,17). The summed E-state index contributed by atoms with van der Waals surface area (Å²) in [6, 6.07) is 7.33. The number of hydrogen-bond acceptors (Lipinski definition) is 4. The van der Waals surface area contributed by atoms with Gasteiger partial charge in [0.15, 0.2) is 6.61 Å². The third kappa shape index (κ3) is 7.62. The molecule has 0 aliphatic heterocycles. The number of carbonyl (C=O) groups is 2. The minimum Gasteiger partial charge on any atom is -0.484 e. The maximum Gasteiger partial charge on any atom is 0.329 e. The molecule has 7 heteroatoms. The van der Waals surface area contributed by atoms with Crippen LogP contribution in [0.5, 0.6) is 5.75 Å². The Morgan fingerprint density at radius 2 is 1.89 bits per heavy atom. The first-order valence-corrected chi connectivity index (χ1v) is 6.60. The topological polar surface area (TPSA) is 84.9 Å². The Bertz CT molecular complexity index is 421. The molecular formula is C12H14INO5. The van der Waals surface area contributed by atoms with E-state index >= 15 is 0 Å². The van der Waals surface area contributed by atoms with Crippen LogP contribution in [0.25, 0.3) is 0 Å². The lowest BCUT2D eigenvalue weighted by molar-refractivity contribution is -0.142. The van der Waals surface area contributed by atoms with Crippen LogP contribution in [-0.4, -0.2) is 43.3 Å².